The number of hydrogen-bond donors (Lipinski definition) is 1. The van der Waals surface area contributed by atoms with Crippen LogP contribution in [0.4, 0.5) is 0 Å². The SMILES string of the molecule is CCCCCCCCCCCCCCCC[NH+]([O-])OCC. The number of quaternary nitrogens is 1. The third kappa shape index (κ3) is 17.8. The Morgan fingerprint density at radius 1 is 0.619 bits per heavy atom. The molecule has 1 unspecified atom stereocenters. The van der Waals surface area contributed by atoms with Gasteiger partial charge >= 0.3 is 0 Å². The van der Waals surface area contributed by atoms with E-state index < -0.39 is 0 Å². The zero-order valence-corrected chi connectivity index (χ0v) is 14.6. The van der Waals surface area contributed by atoms with E-state index in [0.29, 0.717) is 13.2 Å². The van der Waals surface area contributed by atoms with Crippen LogP contribution >= 0.6 is 0 Å². The van der Waals surface area contributed by atoms with E-state index in [1.165, 1.54) is 83.5 Å². The van der Waals surface area contributed by atoms with Crippen LogP contribution in [0.2, 0.25) is 0 Å². The van der Waals surface area contributed by atoms with Crippen LogP contribution in [0.1, 0.15) is 104 Å². The monoisotopic (exact) mass is 301 g/mol. The standard InChI is InChI=1S/C18H39NO2/c1-3-5-6-7-8-9-10-11-12-13-14-15-16-17-18-19(20)21-4-2/h19H,3-18H2,1-2H3. The van der Waals surface area contributed by atoms with Crippen molar-refractivity contribution in [1.29, 1.82) is 0 Å². The summed E-state index contributed by atoms with van der Waals surface area (Å²) in [7, 11) is 0. The highest BCUT2D eigenvalue weighted by Gasteiger charge is 1.97. The molecule has 0 saturated carbocycles. The van der Waals surface area contributed by atoms with Crippen LogP contribution in [-0.2, 0) is 4.84 Å². The van der Waals surface area contributed by atoms with Gasteiger partial charge in [0.2, 0.25) is 0 Å². The Balaban J connectivity index is 2.99. The normalized spacial score (nSPS) is 12.7. The molecule has 0 fully saturated rings. The zero-order valence-electron chi connectivity index (χ0n) is 14.6. The molecule has 0 bridgehead atoms. The summed E-state index contributed by atoms with van der Waals surface area (Å²) < 4.78 is 0. The Bertz CT molecular complexity index is 188. The summed E-state index contributed by atoms with van der Waals surface area (Å²) in [6, 6.07) is 0. The fourth-order valence-electron chi connectivity index (χ4n) is 2.70. The maximum Gasteiger partial charge on any atom is 0.107 e. The van der Waals surface area contributed by atoms with E-state index in [0.717, 1.165) is 6.42 Å². The molecule has 3 heteroatoms. The molecular formula is C18H39NO2. The number of nitrogens with one attached hydrogen (secondary N) is 1. The third-order valence-electron chi connectivity index (χ3n) is 4.04. The second-order valence-corrected chi connectivity index (χ2v) is 6.15. The fourth-order valence-corrected chi connectivity index (χ4v) is 2.70. The minimum Gasteiger partial charge on any atom is -0.600 e. The van der Waals surface area contributed by atoms with Gasteiger partial charge in [-0.15, -0.1) is 0 Å². The summed E-state index contributed by atoms with van der Waals surface area (Å²) in [6.45, 7) is 5.25. The predicted molar refractivity (Wildman–Crippen MR) is 91.1 cm³/mol. The lowest BCUT2D eigenvalue weighted by Gasteiger charge is -2.18. The molecule has 0 saturated heterocycles. The first-order chi connectivity index (χ1) is 10.3. The van der Waals surface area contributed by atoms with Crippen molar-refractivity contribution in [2.75, 3.05) is 13.2 Å². The molecule has 128 valence electrons. The highest BCUT2D eigenvalue weighted by molar-refractivity contribution is 4.49. The molecule has 0 rings (SSSR count). The van der Waals surface area contributed by atoms with Crippen molar-refractivity contribution in [3.05, 3.63) is 5.21 Å². The van der Waals surface area contributed by atoms with Gasteiger partial charge in [0, 0.05) is 0 Å². The molecule has 21 heavy (non-hydrogen) atoms. The highest BCUT2D eigenvalue weighted by Crippen LogP contribution is 2.12. The molecule has 0 aromatic carbocycles. The molecule has 0 amide bonds. The molecule has 0 aliphatic rings. The van der Waals surface area contributed by atoms with Crippen LogP contribution < -0.4 is 5.23 Å². The van der Waals surface area contributed by atoms with Gasteiger partial charge in [0.05, 0.1) is 0 Å². The van der Waals surface area contributed by atoms with Crippen molar-refractivity contribution < 1.29 is 10.1 Å². The molecule has 0 aliphatic heterocycles. The first-order valence-electron chi connectivity index (χ1n) is 9.46. The summed E-state index contributed by atoms with van der Waals surface area (Å²) in [4.78, 5) is 4.92. The van der Waals surface area contributed by atoms with Crippen LogP contribution in [0.5, 0.6) is 0 Å². The van der Waals surface area contributed by atoms with Gasteiger partial charge < -0.3 is 5.21 Å². The van der Waals surface area contributed by atoms with E-state index in [9.17, 15) is 5.21 Å². The number of rotatable bonds is 17. The quantitative estimate of drug-likeness (QED) is 0.309. The van der Waals surface area contributed by atoms with E-state index >= 15 is 0 Å². The van der Waals surface area contributed by atoms with Gasteiger partial charge in [0.25, 0.3) is 0 Å². The predicted octanol–water partition coefficient (Wildman–Crippen LogP) is 4.80. The fraction of sp³-hybridized carbons (Fsp3) is 1.00. The number of unbranched alkanes of at least 4 members (excludes halogenated alkanes) is 13. The van der Waals surface area contributed by atoms with Crippen molar-refractivity contribution in [3.8, 4) is 0 Å². The second kappa shape index (κ2) is 17.9. The Morgan fingerprint density at radius 2 is 1.00 bits per heavy atom. The molecular weight excluding hydrogens is 262 g/mol. The molecule has 0 heterocycles. The van der Waals surface area contributed by atoms with Crippen molar-refractivity contribution in [3.63, 3.8) is 0 Å². The van der Waals surface area contributed by atoms with Crippen molar-refractivity contribution in [2.45, 2.75) is 104 Å². The van der Waals surface area contributed by atoms with Crippen molar-refractivity contribution in [1.82, 2.24) is 0 Å². The zero-order chi connectivity index (χ0) is 15.6. The van der Waals surface area contributed by atoms with E-state index in [-0.39, 0.29) is 5.23 Å². The summed E-state index contributed by atoms with van der Waals surface area (Å²) >= 11 is 0. The van der Waals surface area contributed by atoms with Crippen LogP contribution in [-0.4, -0.2) is 13.2 Å². The summed E-state index contributed by atoms with van der Waals surface area (Å²) in [5.41, 5.74) is 0. The maximum atomic E-state index is 11.1. The molecule has 0 aliphatic carbocycles. The first kappa shape index (κ1) is 20.9. The minimum absolute atomic E-state index is 0.0311. The molecule has 0 spiro atoms. The van der Waals surface area contributed by atoms with Gasteiger partial charge in [-0.05, 0) is 19.8 Å². The average molecular weight is 302 g/mol. The van der Waals surface area contributed by atoms with Gasteiger partial charge in [-0.2, -0.15) is 0 Å². The topological polar surface area (TPSA) is 36.7 Å². The maximum absolute atomic E-state index is 11.1. The Labute approximate surface area is 133 Å². The number of hydroxylamine groups is 2. The molecule has 0 radical (unpaired) electrons. The van der Waals surface area contributed by atoms with Gasteiger partial charge in [0.1, 0.15) is 13.2 Å². The molecule has 0 aromatic rings. The number of hydrogen-bond acceptors (Lipinski definition) is 2. The lowest BCUT2D eigenvalue weighted by Crippen LogP contribution is -3.06. The van der Waals surface area contributed by atoms with Crippen LogP contribution in [0.3, 0.4) is 0 Å². The van der Waals surface area contributed by atoms with Crippen LogP contribution in [0.15, 0.2) is 0 Å². The van der Waals surface area contributed by atoms with Crippen molar-refractivity contribution >= 4 is 0 Å². The van der Waals surface area contributed by atoms with E-state index in [2.05, 4.69) is 6.92 Å². The van der Waals surface area contributed by atoms with Gasteiger partial charge in [-0.25, -0.2) is 10.1 Å². The molecule has 3 nitrogen and oxygen atoms in total. The Kier molecular flexibility index (Phi) is 17.8. The van der Waals surface area contributed by atoms with Crippen LogP contribution in [0, 0.1) is 5.21 Å². The van der Waals surface area contributed by atoms with Crippen molar-refractivity contribution in [2.24, 2.45) is 0 Å². The van der Waals surface area contributed by atoms with E-state index in [1.807, 2.05) is 6.92 Å². The van der Waals surface area contributed by atoms with Gasteiger partial charge in [-0.1, -0.05) is 84.0 Å². The average Bonchev–Trinajstić information content (AvgIpc) is 2.48. The van der Waals surface area contributed by atoms with Gasteiger partial charge in [-0.3, -0.25) is 0 Å². The Hall–Kier alpha value is -0.120. The minimum atomic E-state index is -0.0311. The first-order valence-corrected chi connectivity index (χ1v) is 9.46. The molecule has 1 atom stereocenters. The smallest absolute Gasteiger partial charge is 0.107 e. The van der Waals surface area contributed by atoms with E-state index in [4.69, 9.17) is 4.84 Å². The third-order valence-corrected chi connectivity index (χ3v) is 4.04. The summed E-state index contributed by atoms with van der Waals surface area (Å²) in [5, 5.41) is 11.1. The highest BCUT2D eigenvalue weighted by atomic mass is 16.9. The largest absolute Gasteiger partial charge is 0.600 e. The lowest BCUT2D eigenvalue weighted by molar-refractivity contribution is -1.05. The van der Waals surface area contributed by atoms with Gasteiger partial charge in [0.15, 0.2) is 0 Å². The summed E-state index contributed by atoms with van der Waals surface area (Å²) in [6.07, 6.45) is 18.9. The summed E-state index contributed by atoms with van der Waals surface area (Å²) in [5.74, 6) is 0. The Morgan fingerprint density at radius 3 is 1.38 bits per heavy atom. The lowest BCUT2D eigenvalue weighted by atomic mass is 10.0. The molecule has 1 N–H and O–H groups in total. The van der Waals surface area contributed by atoms with E-state index in [1.54, 1.807) is 0 Å². The van der Waals surface area contributed by atoms with Crippen LogP contribution in [0.25, 0.3) is 0 Å². The molecule has 0 aromatic heterocycles. The second-order valence-electron chi connectivity index (χ2n) is 6.15.